The number of hydrogen-bond acceptors (Lipinski definition) is 3. The van der Waals surface area contributed by atoms with E-state index in [9.17, 15) is 4.21 Å². The first kappa shape index (κ1) is 13.8. The molecule has 0 amide bonds. The van der Waals surface area contributed by atoms with E-state index in [1.54, 1.807) is 13.4 Å². The van der Waals surface area contributed by atoms with Gasteiger partial charge in [0, 0.05) is 6.26 Å². The van der Waals surface area contributed by atoms with Crippen molar-refractivity contribution in [2.24, 2.45) is 0 Å². The number of hydrogen-bond donors (Lipinski definition) is 2. The average molecular weight is 256 g/mol. The highest BCUT2D eigenvalue weighted by Crippen LogP contribution is 2.36. The van der Waals surface area contributed by atoms with Crippen molar-refractivity contribution >= 4 is 22.4 Å². The normalized spacial score (nSPS) is 13.2. The van der Waals surface area contributed by atoms with Crippen LogP contribution in [0.1, 0.15) is 26.3 Å². The lowest BCUT2D eigenvalue weighted by Crippen LogP contribution is -2.13. The lowest BCUT2D eigenvalue weighted by molar-refractivity contribution is 0.418. The van der Waals surface area contributed by atoms with Crippen LogP contribution in [-0.2, 0) is 16.4 Å². The Labute approximate surface area is 105 Å². The minimum absolute atomic E-state index is 0.0218. The standard InChI is InChI=1S/C12H20N2O2S/c1-12(2,3)8-6-9(13)11(16-4)10(7-8)14-17(5)15/h6-7,14H,13H2,1-5H3. The molecule has 0 fully saturated rings. The summed E-state index contributed by atoms with van der Waals surface area (Å²) >= 11 is 0. The molecule has 1 rings (SSSR count). The van der Waals surface area contributed by atoms with E-state index < -0.39 is 11.0 Å². The van der Waals surface area contributed by atoms with Gasteiger partial charge in [0.2, 0.25) is 0 Å². The van der Waals surface area contributed by atoms with Gasteiger partial charge in [0.1, 0.15) is 11.0 Å². The van der Waals surface area contributed by atoms with Gasteiger partial charge in [-0.05, 0) is 23.1 Å². The smallest absolute Gasteiger partial charge is 0.165 e. The van der Waals surface area contributed by atoms with Crippen LogP contribution < -0.4 is 15.2 Å². The second-order valence-electron chi connectivity index (χ2n) is 4.95. The predicted octanol–water partition coefficient (Wildman–Crippen LogP) is 2.28. The summed E-state index contributed by atoms with van der Waals surface area (Å²) in [5.41, 5.74) is 8.21. The Kier molecular flexibility index (Phi) is 4.03. The second-order valence-corrected chi connectivity index (χ2v) is 6.06. The number of nitrogens with one attached hydrogen (secondary N) is 1. The van der Waals surface area contributed by atoms with Crippen molar-refractivity contribution in [3.63, 3.8) is 0 Å². The van der Waals surface area contributed by atoms with E-state index in [0.717, 1.165) is 5.56 Å². The monoisotopic (exact) mass is 256 g/mol. The van der Waals surface area contributed by atoms with Gasteiger partial charge in [-0.15, -0.1) is 0 Å². The molecule has 96 valence electrons. The lowest BCUT2D eigenvalue weighted by atomic mass is 9.86. The molecule has 0 aliphatic heterocycles. The Balaban J connectivity index is 3.33. The Morgan fingerprint density at radius 3 is 2.35 bits per heavy atom. The zero-order valence-electron chi connectivity index (χ0n) is 11.0. The first-order valence-corrected chi connectivity index (χ1v) is 6.89. The van der Waals surface area contributed by atoms with E-state index in [0.29, 0.717) is 17.1 Å². The van der Waals surface area contributed by atoms with Gasteiger partial charge in [-0.2, -0.15) is 0 Å². The van der Waals surface area contributed by atoms with Crippen LogP contribution in [0.5, 0.6) is 5.75 Å². The lowest BCUT2D eigenvalue weighted by Gasteiger charge is -2.22. The number of nitrogens with two attached hydrogens (primary N) is 1. The third-order valence-corrected chi connectivity index (χ3v) is 2.95. The minimum Gasteiger partial charge on any atom is -0.492 e. The SMILES string of the molecule is COc1c(N)cc(C(C)(C)C)cc1NS(C)=O. The molecule has 1 aromatic carbocycles. The molecule has 1 aromatic rings. The summed E-state index contributed by atoms with van der Waals surface area (Å²) in [6.07, 6.45) is 1.57. The Morgan fingerprint density at radius 2 is 1.94 bits per heavy atom. The number of anilines is 2. The van der Waals surface area contributed by atoms with Crippen LogP contribution in [0.3, 0.4) is 0 Å². The Bertz CT molecular complexity index is 439. The molecule has 3 N–H and O–H groups in total. The van der Waals surface area contributed by atoms with Crippen LogP contribution in [-0.4, -0.2) is 17.6 Å². The second kappa shape index (κ2) is 4.96. The molecule has 0 saturated carbocycles. The van der Waals surface area contributed by atoms with Crippen molar-refractivity contribution in [3.05, 3.63) is 17.7 Å². The van der Waals surface area contributed by atoms with Gasteiger partial charge in [-0.1, -0.05) is 20.8 Å². The number of rotatable bonds is 3. The van der Waals surface area contributed by atoms with E-state index >= 15 is 0 Å². The highest BCUT2D eigenvalue weighted by atomic mass is 32.2. The molecule has 0 heterocycles. The fraction of sp³-hybridized carbons (Fsp3) is 0.500. The van der Waals surface area contributed by atoms with Crippen LogP contribution in [0.4, 0.5) is 11.4 Å². The Hall–Kier alpha value is -1.23. The molecule has 0 aliphatic carbocycles. The molecular weight excluding hydrogens is 236 g/mol. The van der Waals surface area contributed by atoms with Crippen molar-refractivity contribution in [3.8, 4) is 5.75 Å². The summed E-state index contributed by atoms with van der Waals surface area (Å²) < 4.78 is 19.3. The molecule has 0 radical (unpaired) electrons. The van der Waals surface area contributed by atoms with Gasteiger partial charge >= 0.3 is 0 Å². The maximum Gasteiger partial charge on any atom is 0.165 e. The highest BCUT2D eigenvalue weighted by molar-refractivity contribution is 7.85. The summed E-state index contributed by atoms with van der Waals surface area (Å²) in [6.45, 7) is 6.29. The van der Waals surface area contributed by atoms with Crippen molar-refractivity contribution < 1.29 is 8.95 Å². The number of methoxy groups -OCH3 is 1. The molecule has 0 spiro atoms. The third-order valence-electron chi connectivity index (χ3n) is 2.44. The molecule has 1 atom stereocenters. The number of nitrogen functional groups attached to an aromatic ring is 1. The van der Waals surface area contributed by atoms with Crippen molar-refractivity contribution in [2.45, 2.75) is 26.2 Å². The topological polar surface area (TPSA) is 64.3 Å². The molecule has 1 unspecified atom stereocenters. The molecule has 5 heteroatoms. The highest BCUT2D eigenvalue weighted by Gasteiger charge is 2.18. The van der Waals surface area contributed by atoms with E-state index in [2.05, 4.69) is 25.5 Å². The molecular formula is C12H20N2O2S. The van der Waals surface area contributed by atoms with E-state index in [1.165, 1.54) is 0 Å². The Morgan fingerprint density at radius 1 is 1.35 bits per heavy atom. The van der Waals surface area contributed by atoms with Gasteiger partial charge < -0.3 is 15.2 Å². The first-order valence-electron chi connectivity index (χ1n) is 5.33. The van der Waals surface area contributed by atoms with Crippen LogP contribution in [0.15, 0.2) is 12.1 Å². The van der Waals surface area contributed by atoms with Crippen LogP contribution in [0, 0.1) is 0 Å². The van der Waals surface area contributed by atoms with Gasteiger partial charge in [-0.25, -0.2) is 4.21 Å². The average Bonchev–Trinajstić information content (AvgIpc) is 2.14. The summed E-state index contributed by atoms with van der Waals surface area (Å²) in [4.78, 5) is 0. The van der Waals surface area contributed by atoms with E-state index in [1.807, 2.05) is 12.1 Å². The maximum absolute atomic E-state index is 11.3. The minimum atomic E-state index is -1.16. The summed E-state index contributed by atoms with van der Waals surface area (Å²) in [5.74, 6) is 0.535. The zero-order valence-corrected chi connectivity index (χ0v) is 11.8. The first-order chi connectivity index (χ1) is 7.75. The van der Waals surface area contributed by atoms with Gasteiger partial charge in [-0.3, -0.25) is 0 Å². The quantitative estimate of drug-likeness (QED) is 0.815. The fourth-order valence-corrected chi connectivity index (χ4v) is 2.00. The molecule has 0 aliphatic rings. The van der Waals surface area contributed by atoms with Crippen LogP contribution >= 0.6 is 0 Å². The van der Waals surface area contributed by atoms with Crippen molar-refractivity contribution in [2.75, 3.05) is 23.8 Å². The van der Waals surface area contributed by atoms with Crippen LogP contribution in [0.2, 0.25) is 0 Å². The molecule has 0 saturated heterocycles. The van der Waals surface area contributed by atoms with Gasteiger partial charge in [0.15, 0.2) is 5.75 Å². The predicted molar refractivity (Wildman–Crippen MR) is 73.8 cm³/mol. The fourth-order valence-electron chi connectivity index (χ4n) is 1.54. The molecule has 0 aromatic heterocycles. The van der Waals surface area contributed by atoms with Crippen molar-refractivity contribution in [1.82, 2.24) is 0 Å². The third kappa shape index (κ3) is 3.36. The summed E-state index contributed by atoms with van der Waals surface area (Å²) in [6, 6.07) is 3.82. The molecule has 0 bridgehead atoms. The van der Waals surface area contributed by atoms with Gasteiger partial charge in [0.05, 0.1) is 18.5 Å². The summed E-state index contributed by atoms with van der Waals surface area (Å²) in [5, 5.41) is 0. The largest absolute Gasteiger partial charge is 0.492 e. The zero-order chi connectivity index (χ0) is 13.2. The number of ether oxygens (including phenoxy) is 1. The maximum atomic E-state index is 11.3. The summed E-state index contributed by atoms with van der Waals surface area (Å²) in [7, 11) is 0.391. The number of benzene rings is 1. The van der Waals surface area contributed by atoms with Gasteiger partial charge in [0.25, 0.3) is 0 Å². The molecule has 17 heavy (non-hydrogen) atoms. The van der Waals surface area contributed by atoms with E-state index in [-0.39, 0.29) is 5.41 Å². The van der Waals surface area contributed by atoms with Crippen LogP contribution in [0.25, 0.3) is 0 Å². The van der Waals surface area contributed by atoms with E-state index in [4.69, 9.17) is 10.5 Å². The van der Waals surface area contributed by atoms with Crippen molar-refractivity contribution in [1.29, 1.82) is 0 Å². The molecule has 4 nitrogen and oxygen atoms in total.